The van der Waals surface area contributed by atoms with E-state index >= 15 is 0 Å². The van der Waals surface area contributed by atoms with Crippen molar-refractivity contribution in [3.63, 3.8) is 0 Å². The molecule has 3 rings (SSSR count). The van der Waals surface area contributed by atoms with Gasteiger partial charge in [-0.1, -0.05) is 23.5 Å². The van der Waals surface area contributed by atoms with Gasteiger partial charge in [-0.15, -0.1) is 24.0 Å². The van der Waals surface area contributed by atoms with Gasteiger partial charge in [0, 0.05) is 32.7 Å². The van der Waals surface area contributed by atoms with Gasteiger partial charge in [0.15, 0.2) is 11.1 Å². The maximum absolute atomic E-state index is 12.1. The fraction of sp³-hybridized carbons (Fsp3) is 0.500. The average molecular weight is 502 g/mol. The molecule has 0 bridgehead atoms. The Labute approximate surface area is 181 Å². The molecule has 1 saturated heterocycles. The second-order valence-electron chi connectivity index (χ2n) is 6.12. The number of carbonyl (C=O) groups is 1. The molecule has 0 atom stereocenters. The van der Waals surface area contributed by atoms with Gasteiger partial charge in [0.2, 0.25) is 5.91 Å². The van der Waals surface area contributed by atoms with Crippen molar-refractivity contribution in [3.8, 4) is 0 Å². The highest BCUT2D eigenvalue weighted by Crippen LogP contribution is 2.24. The number of fused-ring (bicyclic) bond motifs is 1. The van der Waals surface area contributed by atoms with Crippen LogP contribution in [0.15, 0.2) is 29.3 Å². The molecule has 1 aliphatic heterocycles. The van der Waals surface area contributed by atoms with Gasteiger partial charge in [-0.3, -0.25) is 4.79 Å². The van der Waals surface area contributed by atoms with Crippen LogP contribution in [-0.2, 0) is 4.79 Å². The van der Waals surface area contributed by atoms with E-state index in [1.165, 1.54) is 4.70 Å². The molecule has 1 aliphatic rings. The average Bonchev–Trinajstić information content (AvgIpc) is 3.32. The molecule has 1 aromatic carbocycles. The minimum absolute atomic E-state index is 0. The number of amides is 1. The quantitative estimate of drug-likeness (QED) is 0.235. The van der Waals surface area contributed by atoms with Crippen LogP contribution in [0.4, 0.5) is 5.13 Å². The fourth-order valence-electron chi connectivity index (χ4n) is 2.85. The van der Waals surface area contributed by atoms with Gasteiger partial charge in [0.25, 0.3) is 0 Å². The maximum Gasteiger partial charge on any atom is 0.244 e. The summed E-state index contributed by atoms with van der Waals surface area (Å²) < 4.78 is 1.18. The molecule has 0 unspecified atom stereocenters. The molecule has 1 amide bonds. The maximum atomic E-state index is 12.1. The van der Waals surface area contributed by atoms with E-state index in [-0.39, 0.29) is 36.4 Å². The summed E-state index contributed by atoms with van der Waals surface area (Å²) in [5.74, 6) is 0.776. The normalized spacial score (nSPS) is 14.1. The Bertz CT molecular complexity index is 726. The van der Waals surface area contributed by atoms with Gasteiger partial charge >= 0.3 is 0 Å². The summed E-state index contributed by atoms with van der Waals surface area (Å²) in [6.45, 7) is 6.12. The molecular formula is C18H27IN6OS. The number of aliphatic imine (C=N–C) groups is 1. The first-order chi connectivity index (χ1) is 12.8. The van der Waals surface area contributed by atoms with E-state index in [4.69, 9.17) is 0 Å². The number of para-hydroxylation sites is 1. The number of likely N-dealkylation sites (tertiary alicyclic amines) is 1. The Balaban J connectivity index is 0.00000261. The second kappa shape index (κ2) is 11.3. The molecule has 2 aromatic rings. The lowest BCUT2D eigenvalue weighted by Crippen LogP contribution is -2.40. The number of aromatic nitrogens is 1. The molecule has 0 radical (unpaired) electrons. The van der Waals surface area contributed by atoms with E-state index in [1.54, 1.807) is 11.3 Å². The van der Waals surface area contributed by atoms with Crippen molar-refractivity contribution in [2.45, 2.75) is 19.8 Å². The molecule has 7 nitrogen and oxygen atoms in total. The van der Waals surface area contributed by atoms with Gasteiger partial charge in [0.1, 0.15) is 6.54 Å². The Morgan fingerprint density at radius 1 is 1.22 bits per heavy atom. The molecule has 0 saturated carbocycles. The third-order valence-corrected chi connectivity index (χ3v) is 5.16. The number of halogens is 1. The summed E-state index contributed by atoms with van der Waals surface area (Å²) in [6.07, 6.45) is 2.20. The summed E-state index contributed by atoms with van der Waals surface area (Å²) in [5, 5.41) is 10.7. The number of nitrogens with one attached hydrogen (secondary N) is 3. The largest absolute Gasteiger partial charge is 0.360 e. The Hall–Kier alpha value is -1.62. The van der Waals surface area contributed by atoms with Gasteiger partial charge in [0.05, 0.1) is 10.2 Å². The Morgan fingerprint density at radius 2 is 2.00 bits per heavy atom. The van der Waals surface area contributed by atoms with Crippen LogP contribution in [0.5, 0.6) is 0 Å². The molecule has 27 heavy (non-hydrogen) atoms. The van der Waals surface area contributed by atoms with Gasteiger partial charge in [-0.25, -0.2) is 9.98 Å². The molecular weight excluding hydrogens is 475 g/mol. The Kier molecular flexibility index (Phi) is 9.05. The van der Waals surface area contributed by atoms with Crippen LogP contribution < -0.4 is 16.0 Å². The van der Waals surface area contributed by atoms with Crippen molar-refractivity contribution in [2.75, 3.05) is 44.6 Å². The molecule has 0 aliphatic carbocycles. The lowest BCUT2D eigenvalue weighted by molar-refractivity contribution is -0.128. The smallest absolute Gasteiger partial charge is 0.244 e. The standard InChI is InChI=1S/C18H26N6OS.HI/c1-2-19-17(22-13-16(25)24-11-5-6-12-24)20-9-10-21-18-23-14-7-3-4-8-15(14)26-18;/h3-4,7-8H,2,5-6,9-13H2,1H3,(H,21,23)(H2,19,20,22);1H. The summed E-state index contributed by atoms with van der Waals surface area (Å²) in [7, 11) is 0. The zero-order valence-electron chi connectivity index (χ0n) is 15.5. The predicted molar refractivity (Wildman–Crippen MR) is 123 cm³/mol. The van der Waals surface area contributed by atoms with Crippen LogP contribution in [-0.4, -0.2) is 61.0 Å². The molecule has 0 spiro atoms. The minimum Gasteiger partial charge on any atom is -0.360 e. The first kappa shape index (κ1) is 21.7. The number of anilines is 1. The molecule has 9 heteroatoms. The van der Waals surface area contributed by atoms with Crippen molar-refractivity contribution < 1.29 is 4.79 Å². The van der Waals surface area contributed by atoms with E-state index in [1.807, 2.05) is 30.0 Å². The highest BCUT2D eigenvalue weighted by molar-refractivity contribution is 14.0. The summed E-state index contributed by atoms with van der Waals surface area (Å²) in [5.41, 5.74) is 1.02. The number of rotatable bonds is 7. The summed E-state index contributed by atoms with van der Waals surface area (Å²) >= 11 is 1.65. The van der Waals surface area contributed by atoms with Crippen LogP contribution in [0.1, 0.15) is 19.8 Å². The topological polar surface area (TPSA) is 81.7 Å². The van der Waals surface area contributed by atoms with Gasteiger partial charge in [-0.2, -0.15) is 0 Å². The van der Waals surface area contributed by atoms with Crippen LogP contribution in [0.2, 0.25) is 0 Å². The molecule has 3 N–H and O–H groups in total. The van der Waals surface area contributed by atoms with E-state index in [0.29, 0.717) is 12.5 Å². The minimum atomic E-state index is 0. The molecule has 148 valence electrons. The first-order valence-electron chi connectivity index (χ1n) is 9.15. The van der Waals surface area contributed by atoms with Crippen molar-refractivity contribution in [3.05, 3.63) is 24.3 Å². The van der Waals surface area contributed by atoms with Crippen LogP contribution >= 0.6 is 35.3 Å². The fourth-order valence-corrected chi connectivity index (χ4v) is 3.74. The molecule has 1 aromatic heterocycles. The number of benzene rings is 1. The summed E-state index contributed by atoms with van der Waals surface area (Å²) in [4.78, 5) is 22.9. The number of thiazole rings is 1. The van der Waals surface area contributed by atoms with E-state index in [0.717, 1.165) is 49.7 Å². The lowest BCUT2D eigenvalue weighted by atomic mass is 10.3. The van der Waals surface area contributed by atoms with Crippen molar-refractivity contribution in [2.24, 2.45) is 4.99 Å². The monoisotopic (exact) mass is 502 g/mol. The second-order valence-corrected chi connectivity index (χ2v) is 7.15. The van der Waals surface area contributed by atoms with Crippen molar-refractivity contribution in [1.82, 2.24) is 20.5 Å². The van der Waals surface area contributed by atoms with E-state index < -0.39 is 0 Å². The zero-order chi connectivity index (χ0) is 18.2. The predicted octanol–water partition coefficient (Wildman–Crippen LogP) is 2.50. The van der Waals surface area contributed by atoms with Gasteiger partial charge < -0.3 is 20.9 Å². The van der Waals surface area contributed by atoms with Crippen LogP contribution in [0.3, 0.4) is 0 Å². The zero-order valence-corrected chi connectivity index (χ0v) is 18.7. The highest BCUT2D eigenvalue weighted by Gasteiger charge is 2.17. The van der Waals surface area contributed by atoms with E-state index in [2.05, 4.69) is 32.0 Å². The van der Waals surface area contributed by atoms with Crippen LogP contribution in [0.25, 0.3) is 10.2 Å². The lowest BCUT2D eigenvalue weighted by Gasteiger charge is -2.15. The van der Waals surface area contributed by atoms with E-state index in [9.17, 15) is 4.79 Å². The SMILES string of the molecule is CCNC(=NCC(=O)N1CCCC1)NCCNc1nc2ccccc2s1.I. The molecule has 1 fully saturated rings. The Morgan fingerprint density at radius 3 is 2.74 bits per heavy atom. The first-order valence-corrected chi connectivity index (χ1v) is 9.97. The van der Waals surface area contributed by atoms with Crippen LogP contribution in [0, 0.1) is 0 Å². The third kappa shape index (κ3) is 6.49. The molecule has 2 heterocycles. The van der Waals surface area contributed by atoms with Crippen molar-refractivity contribution in [1.29, 1.82) is 0 Å². The van der Waals surface area contributed by atoms with Crippen molar-refractivity contribution >= 4 is 62.5 Å². The number of hydrogen-bond donors (Lipinski definition) is 3. The number of nitrogens with zero attached hydrogens (tertiary/aromatic N) is 3. The summed E-state index contributed by atoms with van der Waals surface area (Å²) in [6, 6.07) is 8.11. The third-order valence-electron chi connectivity index (χ3n) is 4.16. The highest BCUT2D eigenvalue weighted by atomic mass is 127. The number of carbonyl (C=O) groups excluding carboxylic acids is 1. The van der Waals surface area contributed by atoms with Gasteiger partial charge in [-0.05, 0) is 31.9 Å². The number of guanidine groups is 1. The number of hydrogen-bond acceptors (Lipinski definition) is 5.